The van der Waals surface area contributed by atoms with Crippen LogP contribution in [0, 0.1) is 10.1 Å². The van der Waals surface area contributed by atoms with Crippen molar-refractivity contribution in [3.8, 4) is 0 Å². The number of hydrogen-bond donors (Lipinski definition) is 0. The SMILES string of the molecule is Cn1ncc([N+](=O)[O-])c1C1=CCCCO1. The predicted molar refractivity (Wildman–Crippen MR) is 53.0 cm³/mol. The van der Waals surface area contributed by atoms with Gasteiger partial charge in [-0.05, 0) is 18.9 Å². The molecule has 0 N–H and O–H groups in total. The number of nitro groups is 1. The topological polar surface area (TPSA) is 70.2 Å². The van der Waals surface area contributed by atoms with E-state index in [4.69, 9.17) is 4.74 Å². The van der Waals surface area contributed by atoms with Crippen LogP contribution >= 0.6 is 0 Å². The molecule has 0 unspecified atom stereocenters. The highest BCUT2D eigenvalue weighted by molar-refractivity contribution is 5.65. The van der Waals surface area contributed by atoms with Crippen LogP contribution in [0.15, 0.2) is 12.3 Å². The van der Waals surface area contributed by atoms with Gasteiger partial charge in [-0.25, -0.2) is 0 Å². The Morgan fingerprint density at radius 3 is 3.07 bits per heavy atom. The third kappa shape index (κ3) is 1.70. The van der Waals surface area contributed by atoms with E-state index in [0.29, 0.717) is 18.1 Å². The Kier molecular flexibility index (Phi) is 2.40. The van der Waals surface area contributed by atoms with Crippen molar-refractivity contribution >= 4 is 11.4 Å². The minimum Gasteiger partial charge on any atom is -0.491 e. The van der Waals surface area contributed by atoms with Gasteiger partial charge >= 0.3 is 5.69 Å². The van der Waals surface area contributed by atoms with E-state index in [1.165, 1.54) is 10.9 Å². The summed E-state index contributed by atoms with van der Waals surface area (Å²) in [5.74, 6) is 0.563. The van der Waals surface area contributed by atoms with Crippen LogP contribution in [-0.2, 0) is 11.8 Å². The van der Waals surface area contributed by atoms with Crippen molar-refractivity contribution in [2.24, 2.45) is 7.05 Å². The van der Waals surface area contributed by atoms with Gasteiger partial charge in [0, 0.05) is 7.05 Å². The third-order valence-corrected chi connectivity index (χ3v) is 2.29. The van der Waals surface area contributed by atoms with E-state index in [9.17, 15) is 10.1 Å². The number of ether oxygens (including phenoxy) is 1. The fourth-order valence-corrected chi connectivity index (χ4v) is 1.57. The molecule has 1 aromatic heterocycles. The van der Waals surface area contributed by atoms with Gasteiger partial charge in [-0.15, -0.1) is 0 Å². The highest BCUT2D eigenvalue weighted by Gasteiger charge is 2.24. The van der Waals surface area contributed by atoms with E-state index in [0.717, 1.165) is 12.8 Å². The van der Waals surface area contributed by atoms with Crippen LogP contribution < -0.4 is 0 Å². The van der Waals surface area contributed by atoms with Crippen molar-refractivity contribution in [2.45, 2.75) is 12.8 Å². The second-order valence-electron chi connectivity index (χ2n) is 3.32. The van der Waals surface area contributed by atoms with Crippen LogP contribution in [0.4, 0.5) is 5.69 Å². The van der Waals surface area contributed by atoms with E-state index in [2.05, 4.69) is 5.10 Å². The summed E-state index contributed by atoms with van der Waals surface area (Å²) < 4.78 is 6.86. The normalized spacial score (nSPS) is 15.7. The molecule has 2 heterocycles. The lowest BCUT2D eigenvalue weighted by Crippen LogP contribution is -2.06. The van der Waals surface area contributed by atoms with Crippen molar-refractivity contribution in [3.63, 3.8) is 0 Å². The molecule has 6 heteroatoms. The second kappa shape index (κ2) is 3.72. The molecule has 0 bridgehead atoms. The van der Waals surface area contributed by atoms with E-state index in [1.54, 1.807) is 7.05 Å². The highest BCUT2D eigenvalue weighted by Crippen LogP contribution is 2.28. The van der Waals surface area contributed by atoms with Crippen LogP contribution in [0.5, 0.6) is 0 Å². The Labute approximate surface area is 86.3 Å². The van der Waals surface area contributed by atoms with Crippen LogP contribution in [0.25, 0.3) is 5.76 Å². The molecule has 0 saturated carbocycles. The molecule has 0 amide bonds. The zero-order valence-electron chi connectivity index (χ0n) is 8.34. The third-order valence-electron chi connectivity index (χ3n) is 2.29. The average molecular weight is 209 g/mol. The summed E-state index contributed by atoms with van der Waals surface area (Å²) >= 11 is 0. The number of aromatic nitrogens is 2. The molecule has 1 aliphatic heterocycles. The minimum absolute atomic E-state index is 0.00866. The van der Waals surface area contributed by atoms with E-state index in [-0.39, 0.29) is 5.69 Å². The minimum atomic E-state index is -0.443. The largest absolute Gasteiger partial charge is 0.491 e. The Balaban J connectivity index is 2.45. The second-order valence-corrected chi connectivity index (χ2v) is 3.32. The number of nitrogens with zero attached hydrogens (tertiary/aromatic N) is 3. The lowest BCUT2D eigenvalue weighted by molar-refractivity contribution is -0.385. The molecule has 0 spiro atoms. The maximum atomic E-state index is 10.7. The maximum absolute atomic E-state index is 10.7. The standard InChI is InChI=1S/C9H11N3O3/c1-11-9(7(6-10-11)12(13)14)8-4-2-3-5-15-8/h4,6H,2-3,5H2,1H3. The molecule has 0 radical (unpaired) electrons. The van der Waals surface area contributed by atoms with Gasteiger partial charge in [0.25, 0.3) is 0 Å². The Morgan fingerprint density at radius 2 is 2.47 bits per heavy atom. The average Bonchev–Trinajstić information content (AvgIpc) is 2.61. The lowest BCUT2D eigenvalue weighted by atomic mass is 10.2. The Morgan fingerprint density at radius 1 is 1.67 bits per heavy atom. The smallest absolute Gasteiger partial charge is 0.318 e. The van der Waals surface area contributed by atoms with E-state index < -0.39 is 4.92 Å². The van der Waals surface area contributed by atoms with Crippen molar-refractivity contribution in [1.29, 1.82) is 0 Å². The van der Waals surface area contributed by atoms with Gasteiger partial charge < -0.3 is 4.74 Å². The van der Waals surface area contributed by atoms with E-state index >= 15 is 0 Å². The van der Waals surface area contributed by atoms with Crippen LogP contribution in [0.1, 0.15) is 18.5 Å². The zero-order chi connectivity index (χ0) is 10.8. The quantitative estimate of drug-likeness (QED) is 0.546. The molecule has 0 atom stereocenters. The molecule has 80 valence electrons. The first kappa shape index (κ1) is 9.70. The fraction of sp³-hybridized carbons (Fsp3) is 0.444. The van der Waals surface area contributed by atoms with Crippen molar-refractivity contribution in [1.82, 2.24) is 9.78 Å². The van der Waals surface area contributed by atoms with Crippen LogP contribution in [-0.4, -0.2) is 21.3 Å². The molecule has 15 heavy (non-hydrogen) atoms. The molecule has 1 aliphatic rings. The zero-order valence-corrected chi connectivity index (χ0v) is 8.34. The summed E-state index contributed by atoms with van der Waals surface area (Å²) in [5, 5.41) is 14.6. The molecule has 2 rings (SSSR count). The molecule has 0 fully saturated rings. The number of rotatable bonds is 2. The van der Waals surface area contributed by atoms with Gasteiger partial charge in [0.1, 0.15) is 12.0 Å². The van der Waals surface area contributed by atoms with Crippen LogP contribution in [0.2, 0.25) is 0 Å². The summed E-state index contributed by atoms with van der Waals surface area (Å²) in [6.45, 7) is 0.605. The van der Waals surface area contributed by atoms with Crippen LogP contribution in [0.3, 0.4) is 0 Å². The summed E-state index contributed by atoms with van der Waals surface area (Å²) in [5.41, 5.74) is 0.436. The summed E-state index contributed by atoms with van der Waals surface area (Å²) in [6, 6.07) is 0. The van der Waals surface area contributed by atoms with Gasteiger partial charge in [0.05, 0.1) is 11.5 Å². The number of aryl methyl sites for hydroxylation is 1. The molecule has 0 saturated heterocycles. The fourth-order valence-electron chi connectivity index (χ4n) is 1.57. The summed E-state index contributed by atoms with van der Waals surface area (Å²) in [4.78, 5) is 10.3. The van der Waals surface area contributed by atoms with Crippen molar-refractivity contribution in [3.05, 3.63) is 28.1 Å². The highest BCUT2D eigenvalue weighted by atomic mass is 16.6. The molecular weight excluding hydrogens is 198 g/mol. The van der Waals surface area contributed by atoms with Gasteiger partial charge in [-0.1, -0.05) is 0 Å². The van der Waals surface area contributed by atoms with Crippen molar-refractivity contribution < 1.29 is 9.66 Å². The lowest BCUT2D eigenvalue weighted by Gasteiger charge is -2.14. The number of hydrogen-bond acceptors (Lipinski definition) is 4. The number of allylic oxidation sites excluding steroid dienone is 1. The van der Waals surface area contributed by atoms with Crippen molar-refractivity contribution in [2.75, 3.05) is 6.61 Å². The van der Waals surface area contributed by atoms with Gasteiger partial charge in [0.2, 0.25) is 0 Å². The molecule has 0 aromatic carbocycles. The molecule has 6 nitrogen and oxygen atoms in total. The first-order valence-electron chi connectivity index (χ1n) is 4.70. The predicted octanol–water partition coefficient (Wildman–Crippen LogP) is 1.48. The van der Waals surface area contributed by atoms with Gasteiger partial charge in [-0.2, -0.15) is 5.10 Å². The maximum Gasteiger partial charge on any atom is 0.318 e. The Bertz CT molecular complexity index is 422. The monoisotopic (exact) mass is 209 g/mol. The first-order valence-corrected chi connectivity index (χ1v) is 4.70. The van der Waals surface area contributed by atoms with E-state index in [1.807, 2.05) is 6.08 Å². The first-order chi connectivity index (χ1) is 7.20. The molecule has 0 aliphatic carbocycles. The summed E-state index contributed by atoms with van der Waals surface area (Å²) in [7, 11) is 1.67. The summed E-state index contributed by atoms with van der Waals surface area (Å²) in [6.07, 6.45) is 4.95. The molecule has 1 aromatic rings. The van der Waals surface area contributed by atoms with Gasteiger partial charge in [-0.3, -0.25) is 14.8 Å². The van der Waals surface area contributed by atoms with Gasteiger partial charge in [0.15, 0.2) is 5.69 Å². The molecular formula is C9H11N3O3. The Hall–Kier alpha value is -1.85.